The minimum Gasteiger partial charge on any atom is -0.870 e. The molecule has 0 unspecified atom stereocenters. The zero-order chi connectivity index (χ0) is 10.6. The second-order valence-corrected chi connectivity index (χ2v) is 2.85. The third-order valence-electron chi connectivity index (χ3n) is 1.70. The zero-order valence-electron chi connectivity index (χ0n) is 9.11. The topological polar surface area (TPSA) is 49.4 Å². The van der Waals surface area contributed by atoms with Gasteiger partial charge in [0.2, 0.25) is 0 Å². The molecule has 4 heteroatoms. The molecular formula is C11H11NaO3. The summed E-state index contributed by atoms with van der Waals surface area (Å²) in [6.07, 6.45) is 3.09. The Hall–Kier alpha value is -0.770. The summed E-state index contributed by atoms with van der Waals surface area (Å²) in [5.41, 5.74) is 0.775. The maximum absolute atomic E-state index is 11.1. The van der Waals surface area contributed by atoms with Gasteiger partial charge in [-0.1, -0.05) is 24.0 Å². The molecule has 0 amide bonds. The number of carbonyl (C=O) groups is 1. The Morgan fingerprint density at radius 1 is 1.47 bits per heavy atom. The molecule has 1 rings (SSSR count). The predicted octanol–water partition coefficient (Wildman–Crippen LogP) is -1.62. The minimum atomic E-state index is -0.160. The van der Waals surface area contributed by atoms with Crippen LogP contribution in [0.15, 0.2) is 24.3 Å². The van der Waals surface area contributed by atoms with Gasteiger partial charge in [0.15, 0.2) is 5.78 Å². The van der Waals surface area contributed by atoms with Gasteiger partial charge in [-0.15, -0.1) is 0 Å². The average molecular weight is 214 g/mol. The third-order valence-corrected chi connectivity index (χ3v) is 1.70. The van der Waals surface area contributed by atoms with Crippen LogP contribution >= 0.6 is 0 Å². The second-order valence-electron chi connectivity index (χ2n) is 2.85. The molecule has 1 aromatic carbocycles. The normalized spacial score (nSPS) is 9.73. The molecule has 0 saturated heterocycles. The number of ether oxygens (including phenoxy) is 1. The smallest absolute Gasteiger partial charge is 0.870 e. The van der Waals surface area contributed by atoms with Crippen LogP contribution in [-0.2, 0) is 4.79 Å². The number of methoxy groups -OCH3 is 1. The van der Waals surface area contributed by atoms with Crippen molar-refractivity contribution in [1.29, 1.82) is 0 Å². The summed E-state index contributed by atoms with van der Waals surface area (Å²) in [7, 11) is 1.44. The fraction of sp³-hybridized carbons (Fsp3) is 0.182. The first kappa shape index (κ1) is 14.2. The molecule has 1 aromatic rings. The number of benzene rings is 1. The van der Waals surface area contributed by atoms with Crippen LogP contribution in [0.3, 0.4) is 0 Å². The van der Waals surface area contributed by atoms with Crippen LogP contribution in [-0.4, -0.2) is 12.9 Å². The summed E-state index contributed by atoms with van der Waals surface area (Å²) in [6, 6.07) is 4.66. The van der Waals surface area contributed by atoms with Gasteiger partial charge in [0.25, 0.3) is 0 Å². The van der Waals surface area contributed by atoms with Gasteiger partial charge in [0, 0.05) is 0 Å². The van der Waals surface area contributed by atoms with E-state index >= 15 is 0 Å². The maximum atomic E-state index is 11.1. The SMILES string of the molecule is COc1cc(/C=C/C(C)=O)ccc1[O-].[Na+]. The summed E-state index contributed by atoms with van der Waals surface area (Å²) in [5, 5.41) is 11.1. The van der Waals surface area contributed by atoms with E-state index < -0.39 is 0 Å². The molecule has 0 spiro atoms. The molecule has 74 valence electrons. The fourth-order valence-electron chi connectivity index (χ4n) is 1.00. The van der Waals surface area contributed by atoms with Crippen molar-refractivity contribution in [3.05, 3.63) is 29.8 Å². The molecule has 0 bridgehead atoms. The molecular weight excluding hydrogens is 203 g/mol. The van der Waals surface area contributed by atoms with E-state index in [4.69, 9.17) is 4.74 Å². The van der Waals surface area contributed by atoms with Crippen molar-refractivity contribution in [2.75, 3.05) is 7.11 Å². The number of hydrogen-bond donors (Lipinski definition) is 0. The van der Waals surface area contributed by atoms with Gasteiger partial charge in [-0.25, -0.2) is 0 Å². The van der Waals surface area contributed by atoms with Crippen LogP contribution < -0.4 is 39.4 Å². The van der Waals surface area contributed by atoms with Crippen molar-refractivity contribution < 1.29 is 44.2 Å². The molecule has 0 fully saturated rings. The molecule has 0 aliphatic rings. The van der Waals surface area contributed by atoms with Crippen molar-refractivity contribution in [1.82, 2.24) is 0 Å². The number of carbonyl (C=O) groups excluding carboxylic acids is 1. The Morgan fingerprint density at radius 3 is 2.67 bits per heavy atom. The van der Waals surface area contributed by atoms with Crippen molar-refractivity contribution >= 4 is 11.9 Å². The minimum absolute atomic E-state index is 0. The van der Waals surface area contributed by atoms with Crippen LogP contribution in [0.2, 0.25) is 0 Å². The number of allylic oxidation sites excluding steroid dienone is 1. The maximum Gasteiger partial charge on any atom is 1.00 e. The summed E-state index contributed by atoms with van der Waals surface area (Å²) in [6.45, 7) is 1.47. The van der Waals surface area contributed by atoms with Crippen LogP contribution in [0.25, 0.3) is 6.08 Å². The van der Waals surface area contributed by atoms with Gasteiger partial charge in [-0.2, -0.15) is 0 Å². The van der Waals surface area contributed by atoms with Crippen molar-refractivity contribution in [3.8, 4) is 11.5 Å². The zero-order valence-corrected chi connectivity index (χ0v) is 11.1. The van der Waals surface area contributed by atoms with Gasteiger partial charge in [-0.3, -0.25) is 4.79 Å². The predicted molar refractivity (Wildman–Crippen MR) is 52.2 cm³/mol. The Labute approximate surface area is 111 Å². The van der Waals surface area contributed by atoms with Gasteiger partial charge in [0.1, 0.15) is 5.75 Å². The van der Waals surface area contributed by atoms with Crippen LogP contribution in [0, 0.1) is 0 Å². The number of hydrogen-bond acceptors (Lipinski definition) is 3. The number of ketones is 1. The molecule has 0 saturated carbocycles. The van der Waals surface area contributed by atoms with E-state index in [9.17, 15) is 9.90 Å². The first-order chi connectivity index (χ1) is 6.63. The first-order valence-electron chi connectivity index (χ1n) is 4.17. The van der Waals surface area contributed by atoms with E-state index in [1.165, 1.54) is 26.2 Å². The third kappa shape index (κ3) is 4.51. The summed E-state index contributed by atoms with van der Waals surface area (Å²) >= 11 is 0. The van der Waals surface area contributed by atoms with E-state index in [1.54, 1.807) is 18.2 Å². The number of rotatable bonds is 3. The van der Waals surface area contributed by atoms with E-state index in [0.717, 1.165) is 5.56 Å². The molecule has 0 atom stereocenters. The molecule has 3 nitrogen and oxygen atoms in total. The van der Waals surface area contributed by atoms with Crippen LogP contribution in [0.5, 0.6) is 11.5 Å². The summed E-state index contributed by atoms with van der Waals surface area (Å²) in [5.74, 6) is 0.0957. The van der Waals surface area contributed by atoms with Crippen LogP contribution in [0.1, 0.15) is 12.5 Å². The van der Waals surface area contributed by atoms with Crippen molar-refractivity contribution in [3.63, 3.8) is 0 Å². The molecule has 0 heterocycles. The Kier molecular flexibility index (Phi) is 6.32. The average Bonchev–Trinajstić information content (AvgIpc) is 2.16. The summed E-state index contributed by atoms with van der Waals surface area (Å²) in [4.78, 5) is 10.7. The van der Waals surface area contributed by atoms with Gasteiger partial charge in [-0.05, 0) is 24.6 Å². The first-order valence-corrected chi connectivity index (χ1v) is 4.17. The standard InChI is InChI=1S/C11H12O3.Na/c1-8(12)3-4-9-5-6-10(13)11(7-9)14-2;/h3-7,13H,1-2H3;/q;+1/p-1/b4-3+;. The van der Waals surface area contributed by atoms with Gasteiger partial charge < -0.3 is 9.84 Å². The largest absolute Gasteiger partial charge is 1.00 e. The van der Waals surface area contributed by atoms with Gasteiger partial charge in [0.05, 0.1) is 7.11 Å². The second kappa shape index (κ2) is 6.67. The molecule has 0 aromatic heterocycles. The van der Waals surface area contributed by atoms with Crippen molar-refractivity contribution in [2.45, 2.75) is 6.92 Å². The molecule has 15 heavy (non-hydrogen) atoms. The van der Waals surface area contributed by atoms with E-state index in [1.807, 2.05) is 0 Å². The molecule has 0 aliphatic heterocycles. The fourth-order valence-corrected chi connectivity index (χ4v) is 1.00. The molecule has 0 radical (unpaired) electrons. The quantitative estimate of drug-likeness (QED) is 0.448. The Bertz CT molecular complexity index is 372. The Balaban J connectivity index is 0.00000196. The van der Waals surface area contributed by atoms with E-state index in [-0.39, 0.29) is 46.8 Å². The molecule has 0 aliphatic carbocycles. The van der Waals surface area contributed by atoms with Crippen LogP contribution in [0.4, 0.5) is 0 Å². The van der Waals surface area contributed by atoms with E-state index in [0.29, 0.717) is 0 Å². The molecule has 0 N–H and O–H groups in total. The van der Waals surface area contributed by atoms with Crippen molar-refractivity contribution in [2.24, 2.45) is 0 Å². The van der Waals surface area contributed by atoms with Gasteiger partial charge >= 0.3 is 29.6 Å². The summed E-state index contributed by atoms with van der Waals surface area (Å²) < 4.78 is 4.86. The Morgan fingerprint density at radius 2 is 2.13 bits per heavy atom. The van der Waals surface area contributed by atoms with E-state index in [2.05, 4.69) is 0 Å². The monoisotopic (exact) mass is 214 g/mol.